The van der Waals surface area contributed by atoms with Crippen molar-refractivity contribution in [1.82, 2.24) is 33.7 Å². The molecule has 5 rings (SSSR count). The summed E-state index contributed by atoms with van der Waals surface area (Å²) in [5.74, 6) is 0.409. The molecule has 0 aliphatic heterocycles. The summed E-state index contributed by atoms with van der Waals surface area (Å²) in [6, 6.07) is 4.37. The largest absolute Gasteiger partial charge is 0.330 e. The van der Waals surface area contributed by atoms with Crippen LogP contribution >= 0.6 is 0 Å². The molecule has 4 aromatic heterocycles. The Morgan fingerprint density at radius 2 is 2.06 bits per heavy atom. The molecule has 31 heavy (non-hydrogen) atoms. The van der Waals surface area contributed by atoms with Gasteiger partial charge in [-0.1, -0.05) is 0 Å². The fourth-order valence-electron chi connectivity index (χ4n) is 4.34. The van der Waals surface area contributed by atoms with Crippen LogP contribution in [0.5, 0.6) is 0 Å². The van der Waals surface area contributed by atoms with Gasteiger partial charge in [0.25, 0.3) is 0 Å². The van der Waals surface area contributed by atoms with Gasteiger partial charge in [0, 0.05) is 13.1 Å². The number of anilines is 2. The van der Waals surface area contributed by atoms with Crippen molar-refractivity contribution in [3.8, 4) is 6.07 Å². The third-order valence-corrected chi connectivity index (χ3v) is 6.40. The minimum atomic E-state index is -0.316. The molecule has 0 unspecified atom stereocenters. The molecule has 1 aliphatic rings. The van der Waals surface area contributed by atoms with E-state index in [2.05, 4.69) is 26.5 Å². The number of rotatable bonds is 3. The monoisotopic (exact) mass is 417 g/mol. The zero-order chi connectivity index (χ0) is 21.8. The van der Waals surface area contributed by atoms with Crippen molar-refractivity contribution in [2.24, 2.45) is 12.5 Å². The van der Waals surface area contributed by atoms with E-state index >= 15 is 0 Å². The van der Waals surface area contributed by atoms with Crippen LogP contribution in [0.25, 0.3) is 16.8 Å². The third kappa shape index (κ3) is 3.13. The normalized spacial score (nSPS) is 21.4. The van der Waals surface area contributed by atoms with Gasteiger partial charge < -0.3 is 5.32 Å². The number of nitriles is 1. The van der Waals surface area contributed by atoms with E-state index in [0.717, 1.165) is 42.6 Å². The van der Waals surface area contributed by atoms with Crippen molar-refractivity contribution in [2.75, 3.05) is 5.32 Å². The van der Waals surface area contributed by atoms with Crippen molar-refractivity contribution < 1.29 is 0 Å². The first-order chi connectivity index (χ1) is 14.9. The fourth-order valence-corrected chi connectivity index (χ4v) is 4.34. The molecule has 0 atom stereocenters. The van der Waals surface area contributed by atoms with Gasteiger partial charge in [-0.2, -0.15) is 15.3 Å². The Balaban J connectivity index is 1.53. The van der Waals surface area contributed by atoms with Gasteiger partial charge in [0.2, 0.25) is 5.95 Å². The number of imidazole rings is 1. The van der Waals surface area contributed by atoms with E-state index in [1.807, 2.05) is 26.1 Å². The van der Waals surface area contributed by atoms with Crippen molar-refractivity contribution in [1.29, 1.82) is 5.26 Å². The highest BCUT2D eigenvalue weighted by Gasteiger charge is 2.33. The maximum atomic E-state index is 13.0. The number of nitrogens with zero attached hydrogens (tertiary/aromatic N) is 8. The number of fused-ring (bicyclic) bond motifs is 2. The number of nitrogens with one attached hydrogen (secondary N) is 1. The summed E-state index contributed by atoms with van der Waals surface area (Å²) < 4.78 is 5.04. The lowest BCUT2D eigenvalue weighted by atomic mass is 9.75. The minimum absolute atomic E-state index is 0.0219. The summed E-state index contributed by atoms with van der Waals surface area (Å²) in [4.78, 5) is 26.3. The smallest absolute Gasteiger partial charge is 0.323 e. The second kappa shape index (κ2) is 6.91. The molecule has 1 N–H and O–H groups in total. The molecular formula is C21H23N9O. The highest BCUT2D eigenvalue weighted by molar-refractivity contribution is 5.73. The second-order valence-corrected chi connectivity index (χ2v) is 8.58. The maximum absolute atomic E-state index is 13.0. The van der Waals surface area contributed by atoms with E-state index in [1.165, 1.54) is 6.33 Å². The Labute approximate surface area is 178 Å². The zero-order valence-electron chi connectivity index (χ0n) is 17.7. The van der Waals surface area contributed by atoms with Gasteiger partial charge in [-0.25, -0.2) is 19.3 Å². The topological polar surface area (TPSA) is 119 Å². The standard InChI is InChI=1S/C21H23N9O/c1-13-8-17-24-12-25-29(17)10-15(13)26-19-23-9-16-18(27-19)30(20(31)28(16)3)14-4-6-21(2,11-22)7-5-14/h8-10,12,14H,4-7H2,1-3H3,(H,23,26,27). The molecule has 10 heteroatoms. The van der Waals surface area contributed by atoms with E-state index in [1.54, 1.807) is 26.9 Å². The van der Waals surface area contributed by atoms with Crippen molar-refractivity contribution in [3.05, 3.63) is 40.8 Å². The first-order valence-corrected chi connectivity index (χ1v) is 10.3. The quantitative estimate of drug-likeness (QED) is 0.544. The highest BCUT2D eigenvalue weighted by Crippen LogP contribution is 2.40. The third-order valence-electron chi connectivity index (χ3n) is 6.40. The zero-order valence-corrected chi connectivity index (χ0v) is 17.7. The van der Waals surface area contributed by atoms with Gasteiger partial charge in [0.1, 0.15) is 11.8 Å². The van der Waals surface area contributed by atoms with E-state index in [9.17, 15) is 10.1 Å². The molecule has 0 aromatic carbocycles. The van der Waals surface area contributed by atoms with Crippen LogP contribution in [0, 0.1) is 23.7 Å². The number of hydrogen-bond donors (Lipinski definition) is 1. The van der Waals surface area contributed by atoms with Gasteiger partial charge >= 0.3 is 5.69 Å². The summed E-state index contributed by atoms with van der Waals surface area (Å²) in [5.41, 5.74) is 3.43. The molecular weight excluding hydrogens is 394 g/mol. The van der Waals surface area contributed by atoms with Crippen LogP contribution in [0.15, 0.2) is 29.6 Å². The van der Waals surface area contributed by atoms with Crippen molar-refractivity contribution >= 4 is 28.4 Å². The summed E-state index contributed by atoms with van der Waals surface area (Å²) in [6.07, 6.45) is 8.11. The molecule has 4 heterocycles. The minimum Gasteiger partial charge on any atom is -0.323 e. The van der Waals surface area contributed by atoms with Crippen molar-refractivity contribution in [2.45, 2.75) is 45.6 Å². The number of hydrogen-bond acceptors (Lipinski definition) is 7. The van der Waals surface area contributed by atoms with Gasteiger partial charge in [-0.15, -0.1) is 0 Å². The molecule has 4 aromatic rings. The van der Waals surface area contributed by atoms with E-state index in [4.69, 9.17) is 4.98 Å². The van der Waals surface area contributed by atoms with Crippen LogP contribution in [0.4, 0.5) is 11.6 Å². The van der Waals surface area contributed by atoms with Crippen molar-refractivity contribution in [3.63, 3.8) is 0 Å². The average molecular weight is 417 g/mol. The molecule has 1 saturated carbocycles. The molecule has 158 valence electrons. The predicted octanol–water partition coefficient (Wildman–Crippen LogP) is 2.87. The Hall–Kier alpha value is -3.74. The van der Waals surface area contributed by atoms with Crippen LogP contribution in [0.3, 0.4) is 0 Å². The van der Waals surface area contributed by atoms with E-state index in [0.29, 0.717) is 17.1 Å². The SMILES string of the molecule is Cc1cc2ncnn2cc1Nc1ncc2c(n1)n(C1CCC(C)(C#N)CC1)c(=O)n2C. The van der Waals surface area contributed by atoms with E-state index in [-0.39, 0.29) is 17.1 Å². The van der Waals surface area contributed by atoms with Crippen LogP contribution in [0.1, 0.15) is 44.2 Å². The summed E-state index contributed by atoms with van der Waals surface area (Å²) >= 11 is 0. The number of aromatic nitrogens is 7. The first-order valence-electron chi connectivity index (χ1n) is 10.3. The van der Waals surface area contributed by atoms with Crippen LogP contribution in [-0.2, 0) is 7.05 Å². The van der Waals surface area contributed by atoms with Crippen LogP contribution < -0.4 is 11.0 Å². The van der Waals surface area contributed by atoms with Gasteiger partial charge in [-0.3, -0.25) is 9.13 Å². The van der Waals surface area contributed by atoms with Crippen LogP contribution in [0.2, 0.25) is 0 Å². The number of aryl methyl sites for hydroxylation is 2. The summed E-state index contributed by atoms with van der Waals surface area (Å²) in [5, 5.41) is 16.8. The number of pyridine rings is 1. The fraction of sp³-hybridized carbons (Fsp3) is 0.429. The second-order valence-electron chi connectivity index (χ2n) is 8.58. The predicted molar refractivity (Wildman–Crippen MR) is 115 cm³/mol. The van der Waals surface area contributed by atoms with Gasteiger partial charge in [0.05, 0.1) is 29.6 Å². The Morgan fingerprint density at radius 3 is 2.81 bits per heavy atom. The van der Waals surface area contributed by atoms with Gasteiger partial charge in [-0.05, 0) is 51.2 Å². The average Bonchev–Trinajstić information content (AvgIpc) is 3.31. The molecule has 10 nitrogen and oxygen atoms in total. The summed E-state index contributed by atoms with van der Waals surface area (Å²) in [7, 11) is 1.74. The molecule has 0 bridgehead atoms. The van der Waals surface area contributed by atoms with E-state index < -0.39 is 0 Å². The molecule has 1 aliphatic carbocycles. The van der Waals surface area contributed by atoms with Crippen LogP contribution in [-0.4, -0.2) is 33.7 Å². The lowest BCUT2D eigenvalue weighted by Crippen LogP contribution is -2.31. The van der Waals surface area contributed by atoms with Gasteiger partial charge in [0.15, 0.2) is 11.3 Å². The Bertz CT molecular complexity index is 1400. The molecule has 0 saturated heterocycles. The molecule has 0 amide bonds. The first kappa shape index (κ1) is 19.2. The molecule has 1 fully saturated rings. The maximum Gasteiger partial charge on any atom is 0.330 e. The molecule has 0 spiro atoms. The lowest BCUT2D eigenvalue weighted by molar-refractivity contribution is 0.230. The summed E-state index contributed by atoms with van der Waals surface area (Å²) in [6.45, 7) is 3.97. The lowest BCUT2D eigenvalue weighted by Gasteiger charge is -2.32. The highest BCUT2D eigenvalue weighted by atomic mass is 16.1. The Kier molecular flexibility index (Phi) is 4.28. The molecule has 0 radical (unpaired) electrons. The Morgan fingerprint density at radius 1 is 1.29 bits per heavy atom.